The van der Waals surface area contributed by atoms with Gasteiger partial charge in [-0.2, -0.15) is 0 Å². The van der Waals surface area contributed by atoms with E-state index in [2.05, 4.69) is 10.6 Å². The number of ether oxygens (including phenoxy) is 1. The fraction of sp³-hybridized carbons (Fsp3) is 0.200. The molecule has 20 heavy (non-hydrogen) atoms. The first-order valence-electron chi connectivity index (χ1n) is 6.33. The molecule has 0 radical (unpaired) electrons. The van der Waals surface area contributed by atoms with E-state index in [1.807, 2.05) is 6.92 Å². The molecule has 2 rings (SSSR count). The molecule has 2 N–H and O–H groups in total. The van der Waals surface area contributed by atoms with Crippen LogP contribution in [0.25, 0.3) is 0 Å². The molecule has 2 aromatic carbocycles. The smallest absolute Gasteiger partial charge is 0.205 e. The van der Waals surface area contributed by atoms with E-state index in [4.69, 9.17) is 4.74 Å². The van der Waals surface area contributed by atoms with Gasteiger partial charge in [-0.1, -0.05) is 0 Å². The van der Waals surface area contributed by atoms with Crippen LogP contribution >= 0.6 is 0 Å². The van der Waals surface area contributed by atoms with Crippen LogP contribution < -0.4 is 10.6 Å². The minimum Gasteiger partial charge on any atom is -0.343 e. The fourth-order valence-corrected chi connectivity index (χ4v) is 1.68. The summed E-state index contributed by atoms with van der Waals surface area (Å²) in [5.74, 6) is -0.593. The van der Waals surface area contributed by atoms with Crippen LogP contribution in [0.3, 0.4) is 0 Å². The summed E-state index contributed by atoms with van der Waals surface area (Å²) in [6, 6.07) is 11.9. The molecule has 0 bridgehead atoms. The molecule has 0 aliphatic rings. The normalized spacial score (nSPS) is 10.6. The van der Waals surface area contributed by atoms with Gasteiger partial charge in [-0.3, -0.25) is 0 Å². The molecule has 106 valence electrons. The molecule has 0 fully saturated rings. The van der Waals surface area contributed by atoms with Gasteiger partial charge in [0.2, 0.25) is 6.35 Å². The molecule has 0 saturated heterocycles. The highest BCUT2D eigenvalue weighted by Gasteiger charge is 2.08. The van der Waals surface area contributed by atoms with Gasteiger partial charge >= 0.3 is 0 Å². The second-order valence-electron chi connectivity index (χ2n) is 4.14. The van der Waals surface area contributed by atoms with Crippen molar-refractivity contribution in [2.45, 2.75) is 13.3 Å². The number of benzene rings is 2. The van der Waals surface area contributed by atoms with Crippen molar-refractivity contribution in [2.24, 2.45) is 0 Å². The zero-order valence-electron chi connectivity index (χ0n) is 11.1. The number of halogens is 2. The molecule has 0 aliphatic heterocycles. The molecule has 0 unspecified atom stereocenters. The van der Waals surface area contributed by atoms with Crippen molar-refractivity contribution in [3.05, 3.63) is 60.2 Å². The van der Waals surface area contributed by atoms with Gasteiger partial charge in [0.25, 0.3) is 0 Å². The number of hydrogen-bond acceptors (Lipinski definition) is 3. The lowest BCUT2D eigenvalue weighted by atomic mass is 10.3. The van der Waals surface area contributed by atoms with Crippen LogP contribution in [0.2, 0.25) is 0 Å². The van der Waals surface area contributed by atoms with Crippen LogP contribution in [0.4, 0.5) is 20.2 Å². The molecule has 0 amide bonds. The van der Waals surface area contributed by atoms with Gasteiger partial charge in [0, 0.05) is 18.0 Å². The molecule has 3 nitrogen and oxygen atoms in total. The van der Waals surface area contributed by atoms with Crippen molar-refractivity contribution in [1.29, 1.82) is 0 Å². The molecule has 0 saturated carbocycles. The van der Waals surface area contributed by atoms with E-state index >= 15 is 0 Å². The standard InChI is InChI=1S/C15H16F2N2O/c1-2-20-15(18-13-7-3-11(16)4-8-13)19-14-9-5-12(17)6-10-14/h3-10,15,18-19H,2H2,1H3. The Morgan fingerprint density at radius 3 is 1.60 bits per heavy atom. The largest absolute Gasteiger partial charge is 0.343 e. The highest BCUT2D eigenvalue weighted by atomic mass is 19.1. The Kier molecular flexibility index (Phi) is 4.90. The van der Waals surface area contributed by atoms with E-state index in [1.54, 1.807) is 24.3 Å². The third-order valence-corrected chi connectivity index (χ3v) is 2.62. The molecule has 5 heteroatoms. The number of nitrogens with one attached hydrogen (secondary N) is 2. The van der Waals surface area contributed by atoms with E-state index in [1.165, 1.54) is 24.3 Å². The van der Waals surface area contributed by atoms with Gasteiger partial charge in [-0.05, 0) is 55.5 Å². The maximum absolute atomic E-state index is 12.8. The minimum absolute atomic E-state index is 0.296. The zero-order chi connectivity index (χ0) is 14.4. The lowest BCUT2D eigenvalue weighted by molar-refractivity contribution is 0.102. The monoisotopic (exact) mass is 278 g/mol. The first-order chi connectivity index (χ1) is 9.67. The summed E-state index contributed by atoms with van der Waals surface area (Å²) in [6.45, 7) is 2.36. The maximum atomic E-state index is 12.8. The number of rotatable bonds is 6. The Morgan fingerprint density at radius 2 is 1.25 bits per heavy atom. The van der Waals surface area contributed by atoms with Crippen LogP contribution in [-0.2, 0) is 4.74 Å². The van der Waals surface area contributed by atoms with E-state index < -0.39 is 6.35 Å². The highest BCUT2D eigenvalue weighted by Crippen LogP contribution is 2.14. The van der Waals surface area contributed by atoms with Crippen LogP contribution in [0, 0.1) is 11.6 Å². The second kappa shape index (κ2) is 6.86. The van der Waals surface area contributed by atoms with Crippen molar-refractivity contribution >= 4 is 11.4 Å². The van der Waals surface area contributed by atoms with Crippen LogP contribution in [0.5, 0.6) is 0 Å². The summed E-state index contributed by atoms with van der Waals surface area (Å²) < 4.78 is 31.2. The molecule has 0 atom stereocenters. The Morgan fingerprint density at radius 1 is 0.850 bits per heavy atom. The lowest BCUT2D eigenvalue weighted by Crippen LogP contribution is -2.31. The molecule has 2 aromatic rings. The van der Waals surface area contributed by atoms with Gasteiger partial charge in [-0.25, -0.2) is 8.78 Å². The lowest BCUT2D eigenvalue weighted by Gasteiger charge is -2.22. The third-order valence-electron chi connectivity index (χ3n) is 2.62. The topological polar surface area (TPSA) is 33.3 Å². The van der Waals surface area contributed by atoms with Crippen molar-refractivity contribution < 1.29 is 13.5 Å². The zero-order valence-corrected chi connectivity index (χ0v) is 11.1. The summed E-state index contributed by atoms with van der Waals surface area (Å²) in [4.78, 5) is 0. The first-order valence-corrected chi connectivity index (χ1v) is 6.33. The Labute approximate surface area is 116 Å². The molecule has 0 spiro atoms. The Bertz CT molecular complexity index is 481. The van der Waals surface area contributed by atoms with Crippen molar-refractivity contribution in [1.82, 2.24) is 0 Å². The summed E-state index contributed by atoms with van der Waals surface area (Å²) >= 11 is 0. The van der Waals surface area contributed by atoms with E-state index in [0.717, 1.165) is 11.4 Å². The number of anilines is 2. The summed E-state index contributed by atoms with van der Waals surface area (Å²) in [6.07, 6.45) is -0.490. The maximum Gasteiger partial charge on any atom is 0.205 e. The SMILES string of the molecule is CCOC(Nc1ccc(F)cc1)Nc1ccc(F)cc1. The molecule has 0 aromatic heterocycles. The van der Waals surface area contributed by atoms with E-state index in [-0.39, 0.29) is 11.6 Å². The van der Waals surface area contributed by atoms with Crippen LogP contribution in [0.1, 0.15) is 6.92 Å². The van der Waals surface area contributed by atoms with Crippen LogP contribution in [0.15, 0.2) is 48.5 Å². The van der Waals surface area contributed by atoms with Gasteiger partial charge in [0.05, 0.1) is 0 Å². The third kappa shape index (κ3) is 4.20. The summed E-state index contributed by atoms with van der Waals surface area (Å²) in [7, 11) is 0. The summed E-state index contributed by atoms with van der Waals surface area (Å²) in [5, 5.41) is 6.15. The molecule has 0 heterocycles. The first kappa shape index (κ1) is 14.3. The predicted octanol–water partition coefficient (Wildman–Crippen LogP) is 3.81. The average molecular weight is 278 g/mol. The van der Waals surface area contributed by atoms with Gasteiger partial charge in [-0.15, -0.1) is 0 Å². The fourth-order valence-electron chi connectivity index (χ4n) is 1.68. The number of hydrogen-bond donors (Lipinski definition) is 2. The van der Waals surface area contributed by atoms with Gasteiger partial charge < -0.3 is 15.4 Å². The molecular weight excluding hydrogens is 262 g/mol. The highest BCUT2D eigenvalue weighted by molar-refractivity contribution is 5.48. The van der Waals surface area contributed by atoms with E-state index in [9.17, 15) is 8.78 Å². The average Bonchev–Trinajstić information content (AvgIpc) is 2.44. The second-order valence-corrected chi connectivity index (χ2v) is 4.14. The summed E-state index contributed by atoms with van der Waals surface area (Å²) in [5.41, 5.74) is 1.44. The van der Waals surface area contributed by atoms with Crippen molar-refractivity contribution in [3.8, 4) is 0 Å². The molecular formula is C15H16F2N2O. The van der Waals surface area contributed by atoms with Gasteiger partial charge in [0.15, 0.2) is 0 Å². The minimum atomic E-state index is -0.490. The molecule has 0 aliphatic carbocycles. The Hall–Kier alpha value is -2.14. The van der Waals surface area contributed by atoms with E-state index in [0.29, 0.717) is 6.61 Å². The quantitative estimate of drug-likeness (QED) is 0.788. The van der Waals surface area contributed by atoms with Gasteiger partial charge in [0.1, 0.15) is 11.6 Å². The van der Waals surface area contributed by atoms with Crippen molar-refractivity contribution in [3.63, 3.8) is 0 Å². The van der Waals surface area contributed by atoms with Crippen LogP contribution in [-0.4, -0.2) is 13.0 Å². The van der Waals surface area contributed by atoms with Crippen molar-refractivity contribution in [2.75, 3.05) is 17.2 Å². The Balaban J connectivity index is 2.02. The predicted molar refractivity (Wildman–Crippen MR) is 75.5 cm³/mol.